The van der Waals surface area contributed by atoms with Crippen LogP contribution in [0.4, 0.5) is 0 Å². The smallest absolute Gasteiger partial charge is 0.124 e. The molecule has 0 spiro atoms. The van der Waals surface area contributed by atoms with Gasteiger partial charge >= 0.3 is 0 Å². The summed E-state index contributed by atoms with van der Waals surface area (Å²) in [7, 11) is 0. The third kappa shape index (κ3) is 4.22. The van der Waals surface area contributed by atoms with Crippen LogP contribution in [0.3, 0.4) is 0 Å². The lowest BCUT2D eigenvalue weighted by molar-refractivity contribution is 0.116. The molecule has 0 saturated carbocycles. The van der Waals surface area contributed by atoms with Gasteiger partial charge in [-0.3, -0.25) is 0 Å². The average molecular weight is 277 g/mol. The lowest BCUT2D eigenvalue weighted by Crippen LogP contribution is -2.35. The van der Waals surface area contributed by atoms with Crippen molar-refractivity contribution in [2.24, 2.45) is 11.8 Å². The Morgan fingerprint density at radius 1 is 1.30 bits per heavy atom. The molecule has 0 radical (unpaired) electrons. The third-order valence-electron chi connectivity index (χ3n) is 3.78. The molecule has 1 heterocycles. The molecule has 1 N–H and O–H groups in total. The van der Waals surface area contributed by atoms with E-state index in [-0.39, 0.29) is 0 Å². The van der Waals surface area contributed by atoms with E-state index in [1.165, 1.54) is 5.56 Å². The maximum atomic E-state index is 5.77. The van der Waals surface area contributed by atoms with E-state index in [2.05, 4.69) is 44.3 Å². The maximum Gasteiger partial charge on any atom is 0.124 e. The molecule has 2 rings (SSSR count). The van der Waals surface area contributed by atoms with E-state index >= 15 is 0 Å². The highest BCUT2D eigenvalue weighted by atomic mass is 16.5. The summed E-state index contributed by atoms with van der Waals surface area (Å²) in [5, 5.41) is 3.61. The molecule has 3 nitrogen and oxygen atoms in total. The summed E-state index contributed by atoms with van der Waals surface area (Å²) < 4.78 is 11.4. The van der Waals surface area contributed by atoms with E-state index in [4.69, 9.17) is 9.47 Å². The van der Waals surface area contributed by atoms with Gasteiger partial charge in [0.15, 0.2) is 0 Å². The Hall–Kier alpha value is -1.06. The molecule has 1 aliphatic heterocycles. The summed E-state index contributed by atoms with van der Waals surface area (Å²) in [4.78, 5) is 0. The minimum absolute atomic E-state index is 0.369. The van der Waals surface area contributed by atoms with E-state index in [1.807, 2.05) is 6.07 Å². The second kappa shape index (κ2) is 7.65. The molecule has 20 heavy (non-hydrogen) atoms. The average Bonchev–Trinajstić information content (AvgIpc) is 2.44. The van der Waals surface area contributed by atoms with Gasteiger partial charge in [0.05, 0.1) is 13.2 Å². The molecule has 1 aromatic carbocycles. The highest BCUT2D eigenvalue weighted by molar-refractivity contribution is 5.37. The van der Waals surface area contributed by atoms with Crippen LogP contribution in [-0.2, 0) is 4.74 Å². The molecule has 1 aromatic rings. The van der Waals surface area contributed by atoms with E-state index in [0.29, 0.717) is 17.9 Å². The molecule has 0 saturated heterocycles. The standard InChI is InChI=1S/C17H27NO2/c1-13(2)8-10-19-11-9-18-17-14(3)12-20-16-7-5-4-6-15(16)17/h4-7,13-14,17-18H,8-12H2,1-3H3. The largest absolute Gasteiger partial charge is 0.493 e. The van der Waals surface area contributed by atoms with Gasteiger partial charge in [-0.2, -0.15) is 0 Å². The Bertz CT molecular complexity index is 406. The van der Waals surface area contributed by atoms with Crippen LogP contribution in [0, 0.1) is 11.8 Å². The number of hydrogen-bond acceptors (Lipinski definition) is 3. The SMILES string of the molecule is CC(C)CCOCCNC1c2ccccc2OCC1C. The molecule has 0 bridgehead atoms. The van der Waals surface area contributed by atoms with Crippen LogP contribution in [0.25, 0.3) is 0 Å². The Morgan fingerprint density at radius 3 is 2.90 bits per heavy atom. The van der Waals surface area contributed by atoms with Crippen LogP contribution in [0.15, 0.2) is 24.3 Å². The summed E-state index contributed by atoms with van der Waals surface area (Å²) in [5.41, 5.74) is 1.27. The molecule has 0 fully saturated rings. The van der Waals surface area contributed by atoms with Crippen molar-refractivity contribution in [1.82, 2.24) is 5.32 Å². The molecule has 2 atom stereocenters. The highest BCUT2D eigenvalue weighted by Gasteiger charge is 2.26. The minimum Gasteiger partial charge on any atom is -0.493 e. The van der Waals surface area contributed by atoms with Crippen molar-refractivity contribution in [3.63, 3.8) is 0 Å². The van der Waals surface area contributed by atoms with Crippen molar-refractivity contribution in [3.8, 4) is 5.75 Å². The van der Waals surface area contributed by atoms with Gasteiger partial charge in [-0.1, -0.05) is 39.0 Å². The Balaban J connectivity index is 1.77. The van der Waals surface area contributed by atoms with E-state index in [1.54, 1.807) is 0 Å². The number of rotatable bonds is 7. The van der Waals surface area contributed by atoms with Crippen molar-refractivity contribution in [2.75, 3.05) is 26.4 Å². The van der Waals surface area contributed by atoms with Crippen LogP contribution in [0.1, 0.15) is 38.8 Å². The number of fused-ring (bicyclic) bond motifs is 1. The van der Waals surface area contributed by atoms with Gasteiger partial charge in [-0.25, -0.2) is 0 Å². The highest BCUT2D eigenvalue weighted by Crippen LogP contribution is 2.34. The summed E-state index contributed by atoms with van der Waals surface area (Å²) in [6.07, 6.45) is 1.14. The van der Waals surface area contributed by atoms with Crippen LogP contribution >= 0.6 is 0 Å². The molecule has 0 aliphatic carbocycles. The fourth-order valence-electron chi connectivity index (χ4n) is 2.51. The van der Waals surface area contributed by atoms with Crippen LogP contribution in [0.2, 0.25) is 0 Å². The molecule has 3 heteroatoms. The maximum absolute atomic E-state index is 5.77. The van der Waals surface area contributed by atoms with Crippen molar-refractivity contribution in [3.05, 3.63) is 29.8 Å². The van der Waals surface area contributed by atoms with E-state index < -0.39 is 0 Å². The lowest BCUT2D eigenvalue weighted by atomic mass is 9.92. The molecule has 2 unspecified atom stereocenters. The zero-order valence-electron chi connectivity index (χ0n) is 12.9. The molecule has 1 aliphatic rings. The van der Waals surface area contributed by atoms with Crippen molar-refractivity contribution in [1.29, 1.82) is 0 Å². The fraction of sp³-hybridized carbons (Fsp3) is 0.647. The molecular formula is C17H27NO2. The second-order valence-electron chi connectivity index (χ2n) is 6.05. The Kier molecular flexibility index (Phi) is 5.86. The third-order valence-corrected chi connectivity index (χ3v) is 3.78. The number of nitrogens with one attached hydrogen (secondary N) is 1. The number of hydrogen-bond donors (Lipinski definition) is 1. The van der Waals surface area contributed by atoms with Crippen molar-refractivity contribution in [2.45, 2.75) is 33.2 Å². The van der Waals surface area contributed by atoms with Gasteiger partial charge in [-0.05, 0) is 18.4 Å². The lowest BCUT2D eigenvalue weighted by Gasteiger charge is -2.32. The van der Waals surface area contributed by atoms with Gasteiger partial charge in [0, 0.05) is 30.7 Å². The number of para-hydroxylation sites is 1. The quantitative estimate of drug-likeness (QED) is 0.775. The normalized spacial score (nSPS) is 21.6. The van der Waals surface area contributed by atoms with Crippen LogP contribution in [0.5, 0.6) is 5.75 Å². The van der Waals surface area contributed by atoms with Crippen LogP contribution < -0.4 is 10.1 Å². The minimum atomic E-state index is 0.369. The summed E-state index contributed by atoms with van der Waals surface area (Å²) in [6, 6.07) is 8.68. The zero-order valence-corrected chi connectivity index (χ0v) is 12.9. The number of benzene rings is 1. The Labute approximate surface area is 122 Å². The Morgan fingerprint density at radius 2 is 2.10 bits per heavy atom. The van der Waals surface area contributed by atoms with Gasteiger partial charge in [0.2, 0.25) is 0 Å². The molecule has 0 amide bonds. The summed E-state index contributed by atoms with van der Waals surface area (Å²) in [5.74, 6) is 2.22. The van der Waals surface area contributed by atoms with Gasteiger partial charge in [0.1, 0.15) is 5.75 Å². The predicted octanol–water partition coefficient (Wildman–Crippen LogP) is 3.41. The van der Waals surface area contributed by atoms with Crippen LogP contribution in [-0.4, -0.2) is 26.4 Å². The zero-order chi connectivity index (χ0) is 14.4. The summed E-state index contributed by atoms with van der Waals surface area (Å²) in [6.45, 7) is 9.99. The van der Waals surface area contributed by atoms with Gasteiger partial charge < -0.3 is 14.8 Å². The van der Waals surface area contributed by atoms with Crippen molar-refractivity contribution < 1.29 is 9.47 Å². The predicted molar refractivity (Wildman–Crippen MR) is 82.1 cm³/mol. The van der Waals surface area contributed by atoms with E-state index in [0.717, 1.165) is 38.5 Å². The van der Waals surface area contributed by atoms with Crippen molar-refractivity contribution >= 4 is 0 Å². The fourth-order valence-corrected chi connectivity index (χ4v) is 2.51. The molecule has 112 valence electrons. The first-order valence-electron chi connectivity index (χ1n) is 7.71. The number of ether oxygens (including phenoxy) is 2. The van der Waals surface area contributed by atoms with Gasteiger partial charge in [0.25, 0.3) is 0 Å². The first-order chi connectivity index (χ1) is 9.68. The first kappa shape index (κ1) is 15.3. The molecule has 0 aromatic heterocycles. The van der Waals surface area contributed by atoms with Gasteiger partial charge in [-0.15, -0.1) is 0 Å². The first-order valence-corrected chi connectivity index (χ1v) is 7.71. The summed E-state index contributed by atoms with van der Waals surface area (Å²) >= 11 is 0. The van der Waals surface area contributed by atoms with E-state index in [9.17, 15) is 0 Å². The topological polar surface area (TPSA) is 30.5 Å². The monoisotopic (exact) mass is 277 g/mol. The second-order valence-corrected chi connectivity index (χ2v) is 6.05. The molecular weight excluding hydrogens is 250 g/mol.